The zero-order valence-corrected chi connectivity index (χ0v) is 10.2. The van der Waals surface area contributed by atoms with Crippen molar-refractivity contribution in [2.24, 2.45) is 0 Å². The first-order chi connectivity index (χ1) is 8.58. The van der Waals surface area contributed by atoms with Crippen LogP contribution < -0.4 is 5.32 Å². The van der Waals surface area contributed by atoms with Crippen LogP contribution in [0, 0.1) is 5.82 Å². The van der Waals surface area contributed by atoms with Gasteiger partial charge in [-0.1, -0.05) is 6.07 Å². The molecule has 2 unspecified atom stereocenters. The largest absolute Gasteiger partial charge is 0.508 e. The number of phenols is 1. The summed E-state index contributed by atoms with van der Waals surface area (Å²) < 4.78 is 13.7. The highest BCUT2D eigenvalue weighted by atomic mass is 19.1. The molecule has 0 bridgehead atoms. The minimum Gasteiger partial charge on any atom is -0.508 e. The van der Waals surface area contributed by atoms with Crippen molar-refractivity contribution >= 4 is 0 Å². The number of aromatic amines is 1. The number of benzene rings is 1. The Kier molecular flexibility index (Phi) is 3.57. The van der Waals surface area contributed by atoms with Gasteiger partial charge < -0.3 is 10.4 Å². The molecule has 0 aliphatic heterocycles. The summed E-state index contributed by atoms with van der Waals surface area (Å²) in [6.07, 6.45) is 1.43. The minimum atomic E-state index is -0.431. The van der Waals surface area contributed by atoms with Crippen molar-refractivity contribution in [2.45, 2.75) is 25.9 Å². The Labute approximate surface area is 104 Å². The number of H-pyrrole nitrogens is 1. The van der Waals surface area contributed by atoms with Crippen molar-refractivity contribution < 1.29 is 9.50 Å². The maximum atomic E-state index is 13.7. The maximum absolute atomic E-state index is 13.7. The fourth-order valence-electron chi connectivity index (χ4n) is 1.83. The molecule has 2 rings (SSSR count). The molecule has 5 nitrogen and oxygen atoms in total. The molecule has 2 aromatic rings. The maximum Gasteiger partial charge on any atom is 0.141 e. The fourth-order valence-corrected chi connectivity index (χ4v) is 1.83. The fraction of sp³-hybridized carbons (Fsp3) is 0.333. The smallest absolute Gasteiger partial charge is 0.141 e. The molecular weight excluding hydrogens is 235 g/mol. The van der Waals surface area contributed by atoms with Gasteiger partial charge in [0.15, 0.2) is 0 Å². The van der Waals surface area contributed by atoms with E-state index in [0.29, 0.717) is 11.4 Å². The highest BCUT2D eigenvalue weighted by Gasteiger charge is 2.16. The van der Waals surface area contributed by atoms with Crippen LogP contribution in [0.5, 0.6) is 5.75 Å². The second-order valence-electron chi connectivity index (χ2n) is 4.19. The average Bonchev–Trinajstić information content (AvgIpc) is 2.81. The summed E-state index contributed by atoms with van der Waals surface area (Å²) >= 11 is 0. The quantitative estimate of drug-likeness (QED) is 0.776. The van der Waals surface area contributed by atoms with Crippen LogP contribution in [0.25, 0.3) is 0 Å². The predicted molar refractivity (Wildman–Crippen MR) is 64.4 cm³/mol. The third-order valence-electron chi connectivity index (χ3n) is 2.79. The zero-order valence-electron chi connectivity index (χ0n) is 10.2. The topological polar surface area (TPSA) is 73.8 Å². The van der Waals surface area contributed by atoms with E-state index in [4.69, 9.17) is 5.11 Å². The van der Waals surface area contributed by atoms with E-state index in [1.165, 1.54) is 12.4 Å². The number of rotatable bonds is 4. The minimum absolute atomic E-state index is 0.0734. The molecular formula is C12H15FN4O. The summed E-state index contributed by atoms with van der Waals surface area (Å²) in [5, 5.41) is 18.9. The number of hydrogen-bond acceptors (Lipinski definition) is 4. The van der Waals surface area contributed by atoms with Crippen LogP contribution in [0.15, 0.2) is 24.5 Å². The third kappa shape index (κ3) is 2.65. The molecule has 0 radical (unpaired) electrons. The zero-order chi connectivity index (χ0) is 13.1. The van der Waals surface area contributed by atoms with Gasteiger partial charge in [-0.3, -0.25) is 5.10 Å². The summed E-state index contributed by atoms with van der Waals surface area (Å²) in [5.41, 5.74) is 0.499. The Morgan fingerprint density at radius 2 is 2.11 bits per heavy atom. The first-order valence-electron chi connectivity index (χ1n) is 5.67. The molecule has 6 heteroatoms. The Balaban J connectivity index is 2.10. The average molecular weight is 250 g/mol. The Hall–Kier alpha value is -1.95. The SMILES string of the molecule is CC(NC(C)c1ccc(O)cc1F)c1ncn[nH]1. The first kappa shape index (κ1) is 12.5. The van der Waals surface area contributed by atoms with Crippen molar-refractivity contribution in [1.82, 2.24) is 20.5 Å². The van der Waals surface area contributed by atoms with Gasteiger partial charge in [-0.25, -0.2) is 9.37 Å². The lowest BCUT2D eigenvalue weighted by Crippen LogP contribution is -2.24. The lowest BCUT2D eigenvalue weighted by Gasteiger charge is -2.19. The molecule has 1 aromatic carbocycles. The van der Waals surface area contributed by atoms with Crippen molar-refractivity contribution in [3.05, 3.63) is 41.7 Å². The monoisotopic (exact) mass is 250 g/mol. The van der Waals surface area contributed by atoms with Crippen molar-refractivity contribution in [3.8, 4) is 5.75 Å². The van der Waals surface area contributed by atoms with E-state index in [1.54, 1.807) is 6.07 Å². The summed E-state index contributed by atoms with van der Waals surface area (Å²) in [6.45, 7) is 3.76. The number of phenolic OH excluding ortho intramolecular Hbond substituents is 1. The van der Waals surface area contributed by atoms with Gasteiger partial charge in [0.1, 0.15) is 23.7 Å². The first-order valence-corrected chi connectivity index (χ1v) is 5.67. The van der Waals surface area contributed by atoms with E-state index in [0.717, 1.165) is 6.07 Å². The Bertz CT molecular complexity index is 515. The molecule has 18 heavy (non-hydrogen) atoms. The second-order valence-corrected chi connectivity index (χ2v) is 4.19. The molecule has 1 heterocycles. The molecule has 0 fully saturated rings. The van der Waals surface area contributed by atoms with Gasteiger partial charge in [-0.2, -0.15) is 5.10 Å². The highest BCUT2D eigenvalue weighted by Crippen LogP contribution is 2.22. The van der Waals surface area contributed by atoms with Gasteiger partial charge in [0.25, 0.3) is 0 Å². The molecule has 0 amide bonds. The van der Waals surface area contributed by atoms with Gasteiger partial charge in [0, 0.05) is 17.7 Å². The summed E-state index contributed by atoms with van der Waals surface area (Å²) in [7, 11) is 0. The van der Waals surface area contributed by atoms with Crippen LogP contribution in [0.4, 0.5) is 4.39 Å². The Morgan fingerprint density at radius 1 is 1.33 bits per heavy atom. The van der Waals surface area contributed by atoms with E-state index >= 15 is 0 Å². The van der Waals surface area contributed by atoms with E-state index in [1.807, 2.05) is 13.8 Å². The molecule has 0 saturated heterocycles. The van der Waals surface area contributed by atoms with Crippen LogP contribution >= 0.6 is 0 Å². The summed E-state index contributed by atoms with van der Waals surface area (Å²) in [6, 6.07) is 3.86. The van der Waals surface area contributed by atoms with Gasteiger partial charge in [0.05, 0.1) is 6.04 Å². The number of hydrogen-bond donors (Lipinski definition) is 3. The van der Waals surface area contributed by atoms with Crippen molar-refractivity contribution in [2.75, 3.05) is 0 Å². The second kappa shape index (κ2) is 5.14. The van der Waals surface area contributed by atoms with Crippen LogP contribution in [0.2, 0.25) is 0 Å². The van der Waals surface area contributed by atoms with E-state index in [2.05, 4.69) is 20.5 Å². The van der Waals surface area contributed by atoms with Crippen LogP contribution in [-0.4, -0.2) is 20.3 Å². The van der Waals surface area contributed by atoms with E-state index in [9.17, 15) is 4.39 Å². The van der Waals surface area contributed by atoms with E-state index < -0.39 is 5.82 Å². The van der Waals surface area contributed by atoms with Gasteiger partial charge in [-0.15, -0.1) is 0 Å². The molecule has 0 aliphatic carbocycles. The normalized spacial score (nSPS) is 14.4. The van der Waals surface area contributed by atoms with Crippen LogP contribution in [0.1, 0.15) is 37.3 Å². The molecule has 2 atom stereocenters. The van der Waals surface area contributed by atoms with Crippen LogP contribution in [-0.2, 0) is 0 Å². The molecule has 96 valence electrons. The van der Waals surface area contributed by atoms with Gasteiger partial charge in [0.2, 0.25) is 0 Å². The molecule has 0 aliphatic rings. The van der Waals surface area contributed by atoms with Gasteiger partial charge in [-0.05, 0) is 19.9 Å². The third-order valence-corrected chi connectivity index (χ3v) is 2.79. The number of aromatic nitrogens is 3. The lowest BCUT2D eigenvalue weighted by molar-refractivity contribution is 0.448. The van der Waals surface area contributed by atoms with Crippen LogP contribution in [0.3, 0.4) is 0 Å². The van der Waals surface area contributed by atoms with Gasteiger partial charge >= 0.3 is 0 Å². The Morgan fingerprint density at radius 3 is 2.72 bits per heavy atom. The molecule has 1 aromatic heterocycles. The van der Waals surface area contributed by atoms with Crippen molar-refractivity contribution in [1.29, 1.82) is 0 Å². The summed E-state index contributed by atoms with van der Waals surface area (Å²) in [4.78, 5) is 4.04. The predicted octanol–water partition coefficient (Wildman–Crippen LogP) is 2.06. The highest BCUT2D eigenvalue weighted by molar-refractivity contribution is 5.29. The molecule has 3 N–H and O–H groups in total. The lowest BCUT2D eigenvalue weighted by atomic mass is 10.1. The molecule has 0 saturated carbocycles. The number of nitrogens with zero attached hydrogens (tertiary/aromatic N) is 2. The van der Waals surface area contributed by atoms with E-state index in [-0.39, 0.29) is 17.8 Å². The number of aromatic hydroxyl groups is 1. The summed E-state index contributed by atoms with van der Waals surface area (Å²) in [5.74, 6) is 0.188. The number of halogens is 1. The number of nitrogens with one attached hydrogen (secondary N) is 2. The molecule has 0 spiro atoms. The standard InChI is InChI=1S/C12H15FN4O/c1-7(10-4-3-9(18)5-11(10)13)16-8(2)12-14-6-15-17-12/h3-8,16,18H,1-2H3,(H,14,15,17). The van der Waals surface area contributed by atoms with Crippen molar-refractivity contribution in [3.63, 3.8) is 0 Å².